The summed E-state index contributed by atoms with van der Waals surface area (Å²) in [5.74, 6) is 0.184. The maximum atomic E-state index is 11.7. The van der Waals surface area contributed by atoms with Gasteiger partial charge in [0, 0.05) is 6.54 Å². The van der Waals surface area contributed by atoms with E-state index in [2.05, 4.69) is 5.32 Å². The number of aliphatic hydroxyl groups excluding tert-OH is 1. The highest BCUT2D eigenvalue weighted by Crippen LogP contribution is 2.32. The Morgan fingerprint density at radius 1 is 1.75 bits per heavy atom. The van der Waals surface area contributed by atoms with E-state index in [0.717, 1.165) is 18.4 Å². The Morgan fingerprint density at radius 3 is 2.94 bits per heavy atom. The van der Waals surface area contributed by atoms with Gasteiger partial charge in [-0.15, -0.1) is 11.3 Å². The van der Waals surface area contributed by atoms with Crippen LogP contribution < -0.4 is 5.32 Å². The van der Waals surface area contributed by atoms with Crippen LogP contribution in [0.5, 0.6) is 0 Å². The highest BCUT2D eigenvalue weighted by Gasteiger charge is 2.30. The van der Waals surface area contributed by atoms with Crippen molar-refractivity contribution in [1.29, 1.82) is 0 Å². The first kappa shape index (κ1) is 11.9. The zero-order valence-electron chi connectivity index (χ0n) is 9.00. The van der Waals surface area contributed by atoms with Crippen molar-refractivity contribution in [3.63, 3.8) is 0 Å². The van der Waals surface area contributed by atoms with Gasteiger partial charge in [0.15, 0.2) is 0 Å². The first-order valence-electron chi connectivity index (χ1n) is 5.29. The highest BCUT2D eigenvalue weighted by atomic mass is 35.5. The number of halogens is 1. The Hall–Kier alpha value is -0.580. The number of carbonyl (C=O) groups excluding carboxylic acids is 1. The lowest BCUT2D eigenvalue weighted by atomic mass is 10.2. The third kappa shape index (κ3) is 2.56. The molecule has 1 heterocycles. The van der Waals surface area contributed by atoms with Crippen LogP contribution in [0.4, 0.5) is 0 Å². The van der Waals surface area contributed by atoms with Crippen molar-refractivity contribution in [3.8, 4) is 0 Å². The normalized spacial score (nSPS) is 17.2. The molecule has 1 fully saturated rings. The summed E-state index contributed by atoms with van der Waals surface area (Å²) < 4.78 is 0. The fraction of sp³-hybridized carbons (Fsp3) is 0.545. The Morgan fingerprint density at radius 2 is 2.44 bits per heavy atom. The van der Waals surface area contributed by atoms with Crippen LogP contribution in [0.3, 0.4) is 0 Å². The zero-order valence-corrected chi connectivity index (χ0v) is 10.6. The molecule has 1 aliphatic rings. The Labute approximate surface area is 103 Å². The molecular formula is C11H14ClNO2S. The maximum absolute atomic E-state index is 11.7. The van der Waals surface area contributed by atoms with Crippen molar-refractivity contribution in [3.05, 3.63) is 20.8 Å². The molecule has 0 radical (unpaired) electrons. The molecule has 0 aromatic carbocycles. The third-order valence-corrected chi connectivity index (χ3v) is 4.44. The second kappa shape index (κ2) is 4.73. The van der Waals surface area contributed by atoms with Gasteiger partial charge in [-0.3, -0.25) is 4.79 Å². The first-order chi connectivity index (χ1) is 7.59. The van der Waals surface area contributed by atoms with E-state index in [-0.39, 0.29) is 5.91 Å². The summed E-state index contributed by atoms with van der Waals surface area (Å²) in [5, 5.41) is 14.7. The van der Waals surface area contributed by atoms with Crippen LogP contribution in [0.15, 0.2) is 5.38 Å². The van der Waals surface area contributed by atoms with E-state index in [4.69, 9.17) is 11.6 Å². The molecule has 1 amide bonds. The quantitative estimate of drug-likeness (QED) is 0.871. The summed E-state index contributed by atoms with van der Waals surface area (Å²) >= 11 is 7.32. The van der Waals surface area contributed by atoms with Crippen molar-refractivity contribution >= 4 is 28.8 Å². The van der Waals surface area contributed by atoms with Crippen molar-refractivity contribution in [2.24, 2.45) is 5.92 Å². The van der Waals surface area contributed by atoms with Crippen molar-refractivity contribution in [1.82, 2.24) is 5.32 Å². The van der Waals surface area contributed by atoms with Crippen LogP contribution in [0.25, 0.3) is 0 Å². The van der Waals surface area contributed by atoms with Gasteiger partial charge in [-0.25, -0.2) is 0 Å². The minimum absolute atomic E-state index is 0.192. The van der Waals surface area contributed by atoms with Gasteiger partial charge >= 0.3 is 0 Å². The molecule has 1 aliphatic carbocycles. The average molecular weight is 260 g/mol. The number of carbonyl (C=O) groups is 1. The van der Waals surface area contributed by atoms with Gasteiger partial charge in [0.05, 0.1) is 11.1 Å². The first-order valence-corrected chi connectivity index (χ1v) is 6.55. The van der Waals surface area contributed by atoms with E-state index in [1.165, 1.54) is 11.3 Å². The molecule has 0 spiro atoms. The second-order valence-corrected chi connectivity index (χ2v) is 5.43. The molecule has 1 atom stereocenters. The SMILES string of the molecule is Cc1csc(C(=O)NCC(O)C2CC2)c1Cl. The molecule has 0 saturated heterocycles. The zero-order chi connectivity index (χ0) is 11.7. The lowest BCUT2D eigenvalue weighted by molar-refractivity contribution is 0.0905. The van der Waals surface area contributed by atoms with E-state index < -0.39 is 6.10 Å². The molecule has 0 aliphatic heterocycles. The molecule has 1 unspecified atom stereocenters. The van der Waals surface area contributed by atoms with E-state index in [1.54, 1.807) is 0 Å². The monoisotopic (exact) mass is 259 g/mol. The summed E-state index contributed by atoms with van der Waals surface area (Å²) in [4.78, 5) is 12.3. The van der Waals surface area contributed by atoms with Crippen LogP contribution in [-0.4, -0.2) is 23.7 Å². The number of nitrogens with one attached hydrogen (secondary N) is 1. The molecule has 0 bridgehead atoms. The molecule has 1 aromatic heterocycles. The second-order valence-electron chi connectivity index (χ2n) is 4.18. The number of hydrogen-bond donors (Lipinski definition) is 2. The molecule has 5 heteroatoms. The number of rotatable bonds is 4. The predicted molar refractivity (Wildman–Crippen MR) is 65.1 cm³/mol. The summed E-state index contributed by atoms with van der Waals surface area (Å²) in [5.41, 5.74) is 0.916. The van der Waals surface area contributed by atoms with E-state index >= 15 is 0 Å². The molecular weight excluding hydrogens is 246 g/mol. The van der Waals surface area contributed by atoms with Gasteiger partial charge in [-0.2, -0.15) is 0 Å². The molecule has 1 aromatic rings. The van der Waals surface area contributed by atoms with Gasteiger partial charge in [0.25, 0.3) is 5.91 Å². The Kier molecular flexibility index (Phi) is 3.52. The van der Waals surface area contributed by atoms with Crippen molar-refractivity contribution in [2.75, 3.05) is 6.54 Å². The minimum Gasteiger partial charge on any atom is -0.391 e. The molecule has 3 nitrogen and oxygen atoms in total. The summed E-state index contributed by atoms with van der Waals surface area (Å²) in [6, 6.07) is 0. The van der Waals surface area contributed by atoms with Crippen LogP contribution in [0.2, 0.25) is 5.02 Å². The topological polar surface area (TPSA) is 49.3 Å². The minimum atomic E-state index is -0.413. The fourth-order valence-corrected chi connectivity index (χ4v) is 2.70. The molecule has 2 rings (SSSR count). The van der Waals surface area contributed by atoms with E-state index in [1.807, 2.05) is 12.3 Å². The standard InChI is InChI=1S/C11H14ClNO2S/c1-6-5-16-10(9(6)12)11(15)13-4-8(14)7-2-3-7/h5,7-8,14H,2-4H2,1H3,(H,13,15). The average Bonchev–Trinajstić information content (AvgIpc) is 3.04. The molecule has 88 valence electrons. The van der Waals surface area contributed by atoms with Gasteiger partial charge in [0.1, 0.15) is 4.88 Å². The van der Waals surface area contributed by atoms with Crippen LogP contribution in [0, 0.1) is 12.8 Å². The fourth-order valence-electron chi connectivity index (χ4n) is 1.51. The predicted octanol–water partition coefficient (Wildman–Crippen LogP) is 2.21. The lowest BCUT2D eigenvalue weighted by Gasteiger charge is -2.09. The maximum Gasteiger partial charge on any atom is 0.262 e. The summed E-state index contributed by atoms with van der Waals surface area (Å²) in [7, 11) is 0. The lowest BCUT2D eigenvalue weighted by Crippen LogP contribution is -2.32. The van der Waals surface area contributed by atoms with E-state index in [0.29, 0.717) is 22.4 Å². The Balaban J connectivity index is 1.90. The summed E-state index contributed by atoms with van der Waals surface area (Å²) in [6.45, 7) is 2.19. The molecule has 16 heavy (non-hydrogen) atoms. The van der Waals surface area contributed by atoms with Crippen LogP contribution in [-0.2, 0) is 0 Å². The molecule has 1 saturated carbocycles. The summed E-state index contributed by atoms with van der Waals surface area (Å²) in [6.07, 6.45) is 1.72. The number of hydrogen-bond acceptors (Lipinski definition) is 3. The number of aliphatic hydroxyl groups is 1. The largest absolute Gasteiger partial charge is 0.391 e. The van der Waals surface area contributed by atoms with Crippen molar-refractivity contribution in [2.45, 2.75) is 25.9 Å². The van der Waals surface area contributed by atoms with Gasteiger partial charge in [-0.1, -0.05) is 11.6 Å². The number of thiophene rings is 1. The molecule has 2 N–H and O–H groups in total. The van der Waals surface area contributed by atoms with Crippen LogP contribution >= 0.6 is 22.9 Å². The third-order valence-electron chi connectivity index (χ3n) is 2.74. The Bertz CT molecular complexity index is 401. The van der Waals surface area contributed by atoms with Crippen molar-refractivity contribution < 1.29 is 9.90 Å². The highest BCUT2D eigenvalue weighted by molar-refractivity contribution is 7.13. The van der Waals surface area contributed by atoms with Gasteiger partial charge in [0.2, 0.25) is 0 Å². The number of amides is 1. The smallest absolute Gasteiger partial charge is 0.262 e. The van der Waals surface area contributed by atoms with E-state index in [9.17, 15) is 9.90 Å². The van der Waals surface area contributed by atoms with Gasteiger partial charge < -0.3 is 10.4 Å². The van der Waals surface area contributed by atoms with Crippen LogP contribution in [0.1, 0.15) is 28.1 Å². The van der Waals surface area contributed by atoms with Gasteiger partial charge in [-0.05, 0) is 36.6 Å². The number of aryl methyl sites for hydroxylation is 1.